The standard InChI is InChI=1S/C35H34O11/c1-3-30(36)41-19-5-4-18-40-26-14-10-24(11-15-26)33(37)44-27-16-12-25(13-17-27)35(39)46-29-21-43-31-28(20-42-32(29)31)45-34(38)23-8-6-22(2)7-9-23/h3,6-17,28-29,31-32H,1,4-5,18-21H2,2H3/t28-,29+,31?,32?/m1/s1. The molecule has 0 bridgehead atoms. The molecule has 2 aliphatic rings. The smallest absolute Gasteiger partial charge is 0.343 e. The van der Waals surface area contributed by atoms with E-state index in [9.17, 15) is 19.2 Å². The van der Waals surface area contributed by atoms with Gasteiger partial charge in [-0.25, -0.2) is 19.2 Å². The number of carbonyl (C=O) groups is 4. The van der Waals surface area contributed by atoms with Crippen molar-refractivity contribution in [3.8, 4) is 11.5 Å². The molecule has 240 valence electrons. The molecule has 2 unspecified atom stereocenters. The first-order valence-electron chi connectivity index (χ1n) is 14.9. The summed E-state index contributed by atoms with van der Waals surface area (Å²) >= 11 is 0. The van der Waals surface area contributed by atoms with E-state index in [-0.39, 0.29) is 24.5 Å². The Bertz CT molecular complexity index is 1530. The summed E-state index contributed by atoms with van der Waals surface area (Å²) in [5, 5.41) is 0. The molecule has 0 aliphatic carbocycles. The molecule has 4 atom stereocenters. The Hall–Kier alpha value is -5.00. The van der Waals surface area contributed by atoms with Gasteiger partial charge in [-0.15, -0.1) is 0 Å². The number of esters is 4. The van der Waals surface area contributed by atoms with Gasteiger partial charge in [-0.1, -0.05) is 24.3 Å². The molecular weight excluding hydrogens is 596 g/mol. The zero-order valence-corrected chi connectivity index (χ0v) is 25.3. The van der Waals surface area contributed by atoms with Gasteiger partial charge in [0.1, 0.15) is 23.7 Å². The van der Waals surface area contributed by atoms with Gasteiger partial charge in [0.05, 0.1) is 43.1 Å². The van der Waals surface area contributed by atoms with E-state index in [4.69, 9.17) is 33.2 Å². The third kappa shape index (κ3) is 8.38. The number of ether oxygens (including phenoxy) is 7. The third-order valence-corrected chi connectivity index (χ3v) is 7.38. The fourth-order valence-electron chi connectivity index (χ4n) is 4.87. The lowest BCUT2D eigenvalue weighted by molar-refractivity contribution is -0.137. The summed E-state index contributed by atoms with van der Waals surface area (Å²) in [4.78, 5) is 49.0. The van der Waals surface area contributed by atoms with Gasteiger partial charge in [0.2, 0.25) is 0 Å². The van der Waals surface area contributed by atoms with Gasteiger partial charge < -0.3 is 33.2 Å². The van der Waals surface area contributed by atoms with E-state index in [0.29, 0.717) is 42.9 Å². The normalized spacial score (nSPS) is 19.8. The molecule has 11 nitrogen and oxygen atoms in total. The molecule has 0 saturated carbocycles. The van der Waals surface area contributed by atoms with Crippen LogP contribution >= 0.6 is 0 Å². The number of aryl methyl sites for hydroxylation is 1. The van der Waals surface area contributed by atoms with Gasteiger partial charge in [-0.2, -0.15) is 0 Å². The van der Waals surface area contributed by atoms with Crippen molar-refractivity contribution >= 4 is 23.9 Å². The summed E-state index contributed by atoms with van der Waals surface area (Å²) in [6.45, 7) is 6.23. The molecule has 0 N–H and O–H groups in total. The van der Waals surface area contributed by atoms with Crippen LogP contribution in [-0.4, -0.2) is 74.7 Å². The lowest BCUT2D eigenvalue weighted by Gasteiger charge is -2.17. The molecule has 0 radical (unpaired) electrons. The maximum atomic E-state index is 12.9. The number of hydrogen-bond acceptors (Lipinski definition) is 11. The van der Waals surface area contributed by atoms with Gasteiger partial charge in [-0.05, 0) is 80.4 Å². The quantitative estimate of drug-likeness (QED) is 0.0859. The molecular formula is C35H34O11. The fraction of sp³-hybridized carbons (Fsp3) is 0.314. The molecule has 2 fully saturated rings. The minimum Gasteiger partial charge on any atom is -0.494 e. The van der Waals surface area contributed by atoms with Crippen molar-refractivity contribution < 1.29 is 52.3 Å². The Kier molecular flexibility index (Phi) is 10.8. The van der Waals surface area contributed by atoms with Gasteiger partial charge in [0.15, 0.2) is 12.2 Å². The van der Waals surface area contributed by atoms with Crippen molar-refractivity contribution in [2.45, 2.75) is 44.2 Å². The Morgan fingerprint density at radius 2 is 1.17 bits per heavy atom. The maximum Gasteiger partial charge on any atom is 0.343 e. The summed E-state index contributed by atoms with van der Waals surface area (Å²) in [6, 6.07) is 19.5. The lowest BCUT2D eigenvalue weighted by atomic mass is 10.1. The minimum absolute atomic E-state index is 0.104. The Morgan fingerprint density at radius 3 is 1.72 bits per heavy atom. The van der Waals surface area contributed by atoms with E-state index >= 15 is 0 Å². The molecule has 3 aromatic rings. The molecule has 2 aliphatic heterocycles. The predicted octanol–water partition coefficient (Wildman–Crippen LogP) is 4.65. The van der Waals surface area contributed by atoms with E-state index in [1.165, 1.54) is 24.3 Å². The summed E-state index contributed by atoms with van der Waals surface area (Å²) < 4.78 is 38.8. The largest absolute Gasteiger partial charge is 0.494 e. The van der Waals surface area contributed by atoms with Crippen LogP contribution in [0.2, 0.25) is 0 Å². The Labute approximate surface area is 265 Å². The number of benzene rings is 3. The molecule has 11 heteroatoms. The average Bonchev–Trinajstić information content (AvgIpc) is 3.66. The third-order valence-electron chi connectivity index (χ3n) is 7.38. The van der Waals surface area contributed by atoms with E-state index in [2.05, 4.69) is 6.58 Å². The predicted molar refractivity (Wildman–Crippen MR) is 163 cm³/mol. The first kappa shape index (κ1) is 32.4. The SMILES string of the molecule is C=CC(=O)OCCCCOc1ccc(C(=O)Oc2ccc(C(=O)O[C@H]3COC4C3OC[C@H]4OC(=O)c3ccc(C)cc3)cc2)cc1. The molecule has 0 aromatic heterocycles. The summed E-state index contributed by atoms with van der Waals surface area (Å²) in [5.41, 5.74) is 2.04. The van der Waals surface area contributed by atoms with Crippen LogP contribution < -0.4 is 9.47 Å². The van der Waals surface area contributed by atoms with Crippen molar-refractivity contribution in [2.24, 2.45) is 0 Å². The number of fused-ring (bicyclic) bond motifs is 1. The highest BCUT2D eigenvalue weighted by molar-refractivity contribution is 5.92. The van der Waals surface area contributed by atoms with Gasteiger partial charge in [0.25, 0.3) is 0 Å². The minimum atomic E-state index is -0.674. The van der Waals surface area contributed by atoms with Gasteiger partial charge >= 0.3 is 23.9 Å². The first-order chi connectivity index (χ1) is 22.3. The van der Waals surface area contributed by atoms with Gasteiger partial charge in [0, 0.05) is 6.08 Å². The van der Waals surface area contributed by atoms with Crippen molar-refractivity contribution in [3.05, 3.63) is 108 Å². The number of carbonyl (C=O) groups excluding carboxylic acids is 4. The van der Waals surface area contributed by atoms with E-state index in [1.807, 2.05) is 19.1 Å². The van der Waals surface area contributed by atoms with Gasteiger partial charge in [-0.3, -0.25) is 0 Å². The summed E-state index contributed by atoms with van der Waals surface area (Å²) in [7, 11) is 0. The first-order valence-corrected chi connectivity index (χ1v) is 14.9. The maximum absolute atomic E-state index is 12.9. The van der Waals surface area contributed by atoms with Crippen molar-refractivity contribution in [3.63, 3.8) is 0 Å². The number of rotatable bonds is 13. The monoisotopic (exact) mass is 630 g/mol. The summed E-state index contributed by atoms with van der Waals surface area (Å²) in [5.74, 6) is -1.26. The van der Waals surface area contributed by atoms with E-state index < -0.39 is 48.3 Å². The van der Waals surface area contributed by atoms with Crippen LogP contribution in [0.3, 0.4) is 0 Å². The van der Waals surface area contributed by atoms with Crippen LogP contribution in [0.5, 0.6) is 11.5 Å². The Morgan fingerprint density at radius 1 is 0.696 bits per heavy atom. The molecule has 5 rings (SSSR count). The molecule has 0 amide bonds. The molecule has 2 heterocycles. The second-order valence-corrected chi connectivity index (χ2v) is 10.7. The van der Waals surface area contributed by atoms with Crippen molar-refractivity contribution in [1.29, 1.82) is 0 Å². The highest BCUT2D eigenvalue weighted by Gasteiger charge is 2.51. The van der Waals surface area contributed by atoms with Crippen LogP contribution in [-0.2, 0) is 28.5 Å². The zero-order valence-electron chi connectivity index (χ0n) is 25.3. The molecule has 2 saturated heterocycles. The van der Waals surface area contributed by atoms with E-state index in [0.717, 1.165) is 11.6 Å². The van der Waals surface area contributed by atoms with E-state index in [1.54, 1.807) is 36.4 Å². The van der Waals surface area contributed by atoms with Crippen molar-refractivity contribution in [2.75, 3.05) is 26.4 Å². The second-order valence-electron chi connectivity index (χ2n) is 10.7. The van der Waals surface area contributed by atoms with Crippen molar-refractivity contribution in [1.82, 2.24) is 0 Å². The van der Waals surface area contributed by atoms with Crippen LogP contribution in [0.15, 0.2) is 85.5 Å². The molecule has 0 spiro atoms. The molecule has 3 aromatic carbocycles. The highest BCUT2D eigenvalue weighted by atomic mass is 16.7. The van der Waals surface area contributed by atoms with Crippen LogP contribution in [0.1, 0.15) is 49.5 Å². The fourth-order valence-corrected chi connectivity index (χ4v) is 4.87. The average molecular weight is 631 g/mol. The Balaban J connectivity index is 1.05. The number of hydrogen-bond donors (Lipinski definition) is 0. The van der Waals surface area contributed by atoms with Crippen LogP contribution in [0, 0.1) is 6.92 Å². The second kappa shape index (κ2) is 15.3. The lowest BCUT2D eigenvalue weighted by Crippen LogP contribution is -2.36. The van der Waals surface area contributed by atoms with Crippen LogP contribution in [0.4, 0.5) is 0 Å². The van der Waals surface area contributed by atoms with Crippen LogP contribution in [0.25, 0.3) is 0 Å². The highest BCUT2D eigenvalue weighted by Crippen LogP contribution is 2.31. The summed E-state index contributed by atoms with van der Waals surface area (Å²) in [6.07, 6.45) is 0.0567. The topological polar surface area (TPSA) is 133 Å². The molecule has 46 heavy (non-hydrogen) atoms. The number of unbranched alkanes of at least 4 members (excludes halogenated alkanes) is 1. The zero-order chi connectivity index (χ0) is 32.5.